The Labute approximate surface area is 90.0 Å². The van der Waals surface area contributed by atoms with Crippen molar-refractivity contribution >= 4 is 23.2 Å². The molecule has 0 aromatic heterocycles. The van der Waals surface area contributed by atoms with E-state index in [4.69, 9.17) is 23.2 Å². The quantitative estimate of drug-likeness (QED) is 0.718. The van der Waals surface area contributed by atoms with E-state index in [0.29, 0.717) is 6.42 Å². The average Bonchev–Trinajstić information content (AvgIpc) is 1.81. The van der Waals surface area contributed by atoms with Gasteiger partial charge >= 0.3 is 0 Å². The first-order valence-corrected chi connectivity index (χ1v) is 4.99. The Kier molecular flexibility index (Phi) is 5.70. The van der Waals surface area contributed by atoms with Gasteiger partial charge in [-0.05, 0) is 39.7 Å². The smallest absolute Gasteiger partial charge is 0.105 e. The Morgan fingerprint density at radius 2 is 1.92 bits per heavy atom. The molecule has 0 spiro atoms. The van der Waals surface area contributed by atoms with Crippen LogP contribution in [0.15, 0.2) is 22.2 Å². The fourth-order valence-corrected chi connectivity index (χ4v) is 1.43. The standard InChI is InChI=1S/C10H16Cl2O/c1-8(2)5-4-6-10(3,13)7-9(11)12/h5,7,13H,4,6H2,1-3H3. The summed E-state index contributed by atoms with van der Waals surface area (Å²) < 4.78 is 0.113. The third-order valence-electron chi connectivity index (χ3n) is 1.62. The van der Waals surface area contributed by atoms with Crippen LogP contribution in [0.1, 0.15) is 33.6 Å². The first kappa shape index (κ1) is 13.0. The third kappa shape index (κ3) is 8.35. The average molecular weight is 223 g/mol. The summed E-state index contributed by atoms with van der Waals surface area (Å²) in [6.45, 7) is 5.74. The topological polar surface area (TPSA) is 20.2 Å². The maximum absolute atomic E-state index is 9.72. The fraction of sp³-hybridized carbons (Fsp3) is 0.600. The van der Waals surface area contributed by atoms with E-state index in [1.54, 1.807) is 6.92 Å². The van der Waals surface area contributed by atoms with Crippen molar-refractivity contribution in [3.05, 3.63) is 22.2 Å². The molecule has 0 saturated heterocycles. The van der Waals surface area contributed by atoms with Crippen molar-refractivity contribution in [2.75, 3.05) is 0 Å². The highest BCUT2D eigenvalue weighted by Crippen LogP contribution is 2.20. The number of rotatable bonds is 4. The monoisotopic (exact) mass is 222 g/mol. The van der Waals surface area contributed by atoms with Crippen LogP contribution in [-0.4, -0.2) is 10.7 Å². The van der Waals surface area contributed by atoms with Gasteiger partial charge in [0.25, 0.3) is 0 Å². The fourth-order valence-electron chi connectivity index (χ4n) is 0.960. The zero-order valence-corrected chi connectivity index (χ0v) is 9.78. The third-order valence-corrected chi connectivity index (χ3v) is 1.84. The summed E-state index contributed by atoms with van der Waals surface area (Å²) in [7, 11) is 0. The lowest BCUT2D eigenvalue weighted by Gasteiger charge is -2.17. The minimum atomic E-state index is -0.912. The molecular formula is C10H16Cl2O. The van der Waals surface area contributed by atoms with Crippen molar-refractivity contribution < 1.29 is 5.11 Å². The van der Waals surface area contributed by atoms with Gasteiger partial charge in [0, 0.05) is 0 Å². The number of allylic oxidation sites excluding steroid dienone is 2. The first-order chi connectivity index (χ1) is 5.83. The summed E-state index contributed by atoms with van der Waals surface area (Å²) in [6, 6.07) is 0. The summed E-state index contributed by atoms with van der Waals surface area (Å²) >= 11 is 10.9. The van der Waals surface area contributed by atoms with Crippen LogP contribution in [0.5, 0.6) is 0 Å². The molecule has 0 bridgehead atoms. The second kappa shape index (κ2) is 5.69. The van der Waals surface area contributed by atoms with Crippen LogP contribution in [0, 0.1) is 0 Å². The van der Waals surface area contributed by atoms with Crippen LogP contribution in [-0.2, 0) is 0 Å². The summed E-state index contributed by atoms with van der Waals surface area (Å²) in [6.07, 6.45) is 4.98. The van der Waals surface area contributed by atoms with E-state index in [-0.39, 0.29) is 4.49 Å². The molecule has 1 atom stereocenters. The lowest BCUT2D eigenvalue weighted by Crippen LogP contribution is -2.20. The summed E-state index contributed by atoms with van der Waals surface area (Å²) in [5.41, 5.74) is 0.335. The van der Waals surface area contributed by atoms with Gasteiger partial charge in [0.05, 0.1) is 5.60 Å². The SMILES string of the molecule is CC(C)=CCCC(C)(O)C=C(Cl)Cl. The zero-order chi connectivity index (χ0) is 10.5. The maximum Gasteiger partial charge on any atom is 0.105 e. The minimum absolute atomic E-state index is 0.113. The zero-order valence-electron chi connectivity index (χ0n) is 8.27. The van der Waals surface area contributed by atoms with E-state index in [2.05, 4.69) is 6.08 Å². The van der Waals surface area contributed by atoms with E-state index in [9.17, 15) is 5.11 Å². The minimum Gasteiger partial charge on any atom is -0.386 e. The molecule has 0 aromatic rings. The molecule has 0 aromatic carbocycles. The Bertz CT molecular complexity index is 209. The largest absolute Gasteiger partial charge is 0.386 e. The second-order valence-corrected chi connectivity index (χ2v) is 4.62. The Morgan fingerprint density at radius 1 is 1.38 bits per heavy atom. The van der Waals surface area contributed by atoms with Crippen molar-refractivity contribution in [2.24, 2.45) is 0 Å². The van der Waals surface area contributed by atoms with Crippen molar-refractivity contribution in [3.63, 3.8) is 0 Å². The summed E-state index contributed by atoms with van der Waals surface area (Å²) in [4.78, 5) is 0. The number of hydrogen-bond donors (Lipinski definition) is 1. The van der Waals surface area contributed by atoms with Crippen LogP contribution in [0.25, 0.3) is 0 Å². The molecule has 0 radical (unpaired) electrons. The van der Waals surface area contributed by atoms with Crippen molar-refractivity contribution in [1.29, 1.82) is 0 Å². The molecule has 0 aliphatic carbocycles. The van der Waals surface area contributed by atoms with Crippen LogP contribution in [0.3, 0.4) is 0 Å². The number of hydrogen-bond acceptors (Lipinski definition) is 1. The van der Waals surface area contributed by atoms with Gasteiger partial charge in [0.1, 0.15) is 4.49 Å². The Morgan fingerprint density at radius 3 is 2.31 bits per heavy atom. The predicted molar refractivity (Wildman–Crippen MR) is 59.1 cm³/mol. The van der Waals surface area contributed by atoms with Gasteiger partial charge < -0.3 is 5.11 Å². The maximum atomic E-state index is 9.72. The normalized spacial score (nSPS) is 14.6. The molecule has 3 heteroatoms. The molecule has 0 aliphatic rings. The van der Waals surface area contributed by atoms with E-state index in [0.717, 1.165) is 6.42 Å². The van der Waals surface area contributed by atoms with Crippen molar-refractivity contribution in [3.8, 4) is 0 Å². The molecule has 76 valence electrons. The van der Waals surface area contributed by atoms with Gasteiger partial charge in [-0.3, -0.25) is 0 Å². The Balaban J connectivity index is 4.04. The summed E-state index contributed by atoms with van der Waals surface area (Å²) in [5, 5.41) is 9.72. The van der Waals surface area contributed by atoms with Gasteiger partial charge in [0.15, 0.2) is 0 Å². The van der Waals surface area contributed by atoms with Gasteiger partial charge in [-0.1, -0.05) is 34.9 Å². The van der Waals surface area contributed by atoms with E-state index in [1.807, 2.05) is 13.8 Å². The molecule has 1 unspecified atom stereocenters. The highest BCUT2D eigenvalue weighted by Gasteiger charge is 2.16. The highest BCUT2D eigenvalue weighted by molar-refractivity contribution is 6.55. The van der Waals surface area contributed by atoms with Crippen molar-refractivity contribution in [1.82, 2.24) is 0 Å². The lowest BCUT2D eigenvalue weighted by molar-refractivity contribution is 0.103. The van der Waals surface area contributed by atoms with E-state index >= 15 is 0 Å². The molecule has 0 amide bonds. The molecular weight excluding hydrogens is 207 g/mol. The molecule has 0 aliphatic heterocycles. The lowest BCUT2D eigenvalue weighted by atomic mass is 10.00. The molecule has 0 heterocycles. The van der Waals surface area contributed by atoms with Crippen LogP contribution in [0.4, 0.5) is 0 Å². The van der Waals surface area contributed by atoms with E-state index in [1.165, 1.54) is 11.6 Å². The number of aliphatic hydroxyl groups is 1. The van der Waals surface area contributed by atoms with Gasteiger partial charge in [-0.15, -0.1) is 0 Å². The van der Waals surface area contributed by atoms with Gasteiger partial charge in [-0.25, -0.2) is 0 Å². The molecule has 0 saturated carbocycles. The predicted octanol–water partition coefficient (Wildman–Crippen LogP) is 3.80. The van der Waals surface area contributed by atoms with Crippen LogP contribution >= 0.6 is 23.2 Å². The summed E-state index contributed by atoms with van der Waals surface area (Å²) in [5.74, 6) is 0. The molecule has 0 fully saturated rings. The first-order valence-electron chi connectivity index (χ1n) is 4.23. The van der Waals surface area contributed by atoms with Gasteiger partial charge in [-0.2, -0.15) is 0 Å². The Hall–Kier alpha value is 0.0200. The van der Waals surface area contributed by atoms with Gasteiger partial charge in [0.2, 0.25) is 0 Å². The molecule has 1 N–H and O–H groups in total. The highest BCUT2D eigenvalue weighted by atomic mass is 35.5. The second-order valence-electron chi connectivity index (χ2n) is 3.61. The molecule has 13 heavy (non-hydrogen) atoms. The van der Waals surface area contributed by atoms with Crippen LogP contribution in [0.2, 0.25) is 0 Å². The van der Waals surface area contributed by atoms with Crippen molar-refractivity contribution in [2.45, 2.75) is 39.2 Å². The molecule has 1 nitrogen and oxygen atoms in total. The molecule has 0 rings (SSSR count). The number of halogens is 2. The van der Waals surface area contributed by atoms with Crippen LogP contribution < -0.4 is 0 Å². The van der Waals surface area contributed by atoms with E-state index < -0.39 is 5.60 Å².